The number of methoxy groups -OCH3 is 1. The summed E-state index contributed by atoms with van der Waals surface area (Å²) in [7, 11) is 3.52. The molecule has 1 amide bonds. The van der Waals surface area contributed by atoms with Gasteiger partial charge in [-0.05, 0) is 56.2 Å². The number of ketones is 1. The Labute approximate surface area is 205 Å². The topological polar surface area (TPSA) is 88.5 Å². The number of likely N-dealkylation sites (N-methyl/N-ethyl adjacent to an activating group) is 1. The molecule has 1 unspecified atom stereocenters. The molecule has 2 aromatic rings. The summed E-state index contributed by atoms with van der Waals surface area (Å²) in [5.41, 5.74) is 2.07. The fourth-order valence-corrected chi connectivity index (χ4v) is 4.45. The number of nitrogens with zero attached hydrogens (tertiary/aromatic N) is 2. The minimum atomic E-state index is -0.718. The molecular weight excluding hydrogens is 448 g/mol. The maximum atomic E-state index is 13.2. The molecule has 1 N–H and O–H groups in total. The summed E-state index contributed by atoms with van der Waals surface area (Å²) in [6.07, 6.45) is 0.646. The van der Waals surface area contributed by atoms with Crippen molar-refractivity contribution in [2.75, 3.05) is 45.4 Å². The van der Waals surface area contributed by atoms with E-state index < -0.39 is 17.7 Å². The number of rotatable bonds is 8. The summed E-state index contributed by atoms with van der Waals surface area (Å²) in [5, 5.41) is 11.4. The Bertz CT molecular complexity index is 1120. The van der Waals surface area contributed by atoms with Gasteiger partial charge in [-0.2, -0.15) is 0 Å². The van der Waals surface area contributed by atoms with Gasteiger partial charge in [0.1, 0.15) is 23.9 Å². The number of hydrogen-bond donors (Lipinski definition) is 1. The van der Waals surface area contributed by atoms with Gasteiger partial charge >= 0.3 is 0 Å². The van der Waals surface area contributed by atoms with Gasteiger partial charge in [-0.15, -0.1) is 0 Å². The molecule has 0 spiro atoms. The fraction of sp³-hybridized carbons (Fsp3) is 0.407. The number of aliphatic hydroxyl groups is 1. The van der Waals surface area contributed by atoms with E-state index in [1.807, 2.05) is 37.9 Å². The van der Waals surface area contributed by atoms with Crippen LogP contribution in [0.5, 0.6) is 11.5 Å². The third kappa shape index (κ3) is 4.98. The second kappa shape index (κ2) is 10.4. The first kappa shape index (κ1) is 24.6. The van der Waals surface area contributed by atoms with Gasteiger partial charge in [-0.1, -0.05) is 12.1 Å². The number of carbonyl (C=O) groups excluding carboxylic acids is 2. The minimum absolute atomic E-state index is 0.0734. The van der Waals surface area contributed by atoms with Crippen molar-refractivity contribution < 1.29 is 28.9 Å². The van der Waals surface area contributed by atoms with Gasteiger partial charge in [0, 0.05) is 25.8 Å². The van der Waals surface area contributed by atoms with Gasteiger partial charge in [0.25, 0.3) is 11.7 Å². The Hall–Kier alpha value is -3.52. The van der Waals surface area contributed by atoms with Crippen LogP contribution in [-0.2, 0) is 14.3 Å². The molecule has 0 saturated carbocycles. The van der Waals surface area contributed by atoms with Crippen LogP contribution in [-0.4, -0.2) is 68.3 Å². The number of anilines is 1. The molecule has 8 nitrogen and oxygen atoms in total. The minimum Gasteiger partial charge on any atom is -0.507 e. The summed E-state index contributed by atoms with van der Waals surface area (Å²) in [6, 6.07) is 11.8. The number of amides is 1. The monoisotopic (exact) mass is 480 g/mol. The lowest BCUT2D eigenvalue weighted by Gasteiger charge is -2.28. The number of hydrogen-bond acceptors (Lipinski definition) is 7. The molecule has 2 aromatic carbocycles. The van der Waals surface area contributed by atoms with Crippen LogP contribution in [0.25, 0.3) is 5.76 Å². The molecule has 4 rings (SSSR count). The van der Waals surface area contributed by atoms with E-state index in [1.165, 1.54) is 4.90 Å². The first-order valence-electron chi connectivity index (χ1n) is 11.8. The van der Waals surface area contributed by atoms with E-state index >= 15 is 0 Å². The highest BCUT2D eigenvalue weighted by atomic mass is 16.5. The summed E-state index contributed by atoms with van der Waals surface area (Å²) >= 11 is 0. The van der Waals surface area contributed by atoms with Crippen molar-refractivity contribution in [3.63, 3.8) is 0 Å². The van der Waals surface area contributed by atoms with Crippen LogP contribution in [0.1, 0.15) is 37.4 Å². The molecule has 0 aliphatic carbocycles. The number of aliphatic hydroxyl groups excluding tert-OH is 1. The van der Waals surface area contributed by atoms with E-state index in [-0.39, 0.29) is 17.4 Å². The SMILES string of the molecule is COc1ccc(C2/C(=C(/O)c3ccc4c(c3)N(C)CCO4)C(=O)C(=O)N2CCCOC(C)C)cc1. The highest BCUT2D eigenvalue weighted by molar-refractivity contribution is 6.46. The predicted molar refractivity (Wildman–Crippen MR) is 133 cm³/mol. The molecular formula is C27H32N2O6. The number of benzene rings is 2. The maximum Gasteiger partial charge on any atom is 0.295 e. The molecule has 2 aliphatic rings. The second-order valence-corrected chi connectivity index (χ2v) is 8.99. The zero-order valence-electron chi connectivity index (χ0n) is 20.6. The van der Waals surface area contributed by atoms with Crippen molar-refractivity contribution in [1.82, 2.24) is 4.90 Å². The summed E-state index contributed by atoms with van der Waals surface area (Å²) in [4.78, 5) is 29.9. The molecule has 0 bridgehead atoms. The Balaban J connectivity index is 1.75. The molecule has 0 radical (unpaired) electrons. The van der Waals surface area contributed by atoms with E-state index in [2.05, 4.69) is 0 Å². The first-order valence-corrected chi connectivity index (χ1v) is 11.8. The fourth-order valence-electron chi connectivity index (χ4n) is 4.45. The molecule has 2 aliphatic heterocycles. The van der Waals surface area contributed by atoms with Gasteiger partial charge in [0.15, 0.2) is 0 Å². The van der Waals surface area contributed by atoms with Crippen molar-refractivity contribution in [1.29, 1.82) is 0 Å². The van der Waals surface area contributed by atoms with Crippen LogP contribution in [0, 0.1) is 0 Å². The van der Waals surface area contributed by atoms with E-state index in [4.69, 9.17) is 14.2 Å². The molecule has 1 atom stereocenters. The van der Waals surface area contributed by atoms with Crippen LogP contribution < -0.4 is 14.4 Å². The largest absolute Gasteiger partial charge is 0.507 e. The van der Waals surface area contributed by atoms with E-state index in [0.717, 1.165) is 11.3 Å². The average molecular weight is 481 g/mol. The smallest absolute Gasteiger partial charge is 0.295 e. The number of fused-ring (bicyclic) bond motifs is 1. The normalized spacial score (nSPS) is 19.2. The standard InChI is InChI=1S/C27H32N2O6/c1-17(2)34-14-5-12-29-24(18-6-9-20(33-4)10-7-18)23(26(31)27(29)32)25(30)19-8-11-22-21(16-19)28(3)13-15-35-22/h6-11,16-17,24,30H,5,12-15H2,1-4H3/b25-23-. The third-order valence-corrected chi connectivity index (χ3v) is 6.29. The van der Waals surface area contributed by atoms with E-state index in [1.54, 1.807) is 37.4 Å². The zero-order chi connectivity index (χ0) is 25.1. The lowest BCUT2D eigenvalue weighted by Crippen LogP contribution is -2.31. The van der Waals surface area contributed by atoms with Crippen LogP contribution in [0.4, 0.5) is 5.69 Å². The average Bonchev–Trinajstić information content (AvgIpc) is 3.11. The molecule has 186 valence electrons. The lowest BCUT2D eigenvalue weighted by molar-refractivity contribution is -0.140. The molecule has 2 heterocycles. The number of likely N-dealkylation sites (tertiary alicyclic amines) is 1. The first-order chi connectivity index (χ1) is 16.8. The van der Waals surface area contributed by atoms with Crippen LogP contribution in [0.15, 0.2) is 48.0 Å². The van der Waals surface area contributed by atoms with Gasteiger partial charge in [0.05, 0.1) is 37.1 Å². The predicted octanol–water partition coefficient (Wildman–Crippen LogP) is 3.76. The van der Waals surface area contributed by atoms with Crippen molar-refractivity contribution in [3.8, 4) is 11.5 Å². The number of ether oxygens (including phenoxy) is 3. The van der Waals surface area contributed by atoms with Crippen LogP contribution in [0.2, 0.25) is 0 Å². The summed E-state index contributed by atoms with van der Waals surface area (Å²) in [5.74, 6) is -0.154. The van der Waals surface area contributed by atoms with Crippen LogP contribution >= 0.6 is 0 Å². The summed E-state index contributed by atoms with van der Waals surface area (Å²) < 4.78 is 16.6. The molecule has 0 aromatic heterocycles. The van der Waals surface area contributed by atoms with Gasteiger partial charge < -0.3 is 29.1 Å². The highest BCUT2D eigenvalue weighted by Crippen LogP contribution is 2.41. The number of Topliss-reactive ketones (excluding diaryl/α,β-unsaturated/α-hetero) is 1. The van der Waals surface area contributed by atoms with Crippen molar-refractivity contribution in [3.05, 3.63) is 59.2 Å². The van der Waals surface area contributed by atoms with Crippen molar-refractivity contribution >= 4 is 23.1 Å². The summed E-state index contributed by atoms with van der Waals surface area (Å²) in [6.45, 7) is 5.98. The van der Waals surface area contributed by atoms with E-state index in [0.29, 0.717) is 49.8 Å². The number of carbonyl (C=O) groups is 2. The lowest BCUT2D eigenvalue weighted by atomic mass is 9.95. The quantitative estimate of drug-likeness (QED) is 0.266. The van der Waals surface area contributed by atoms with Crippen molar-refractivity contribution in [2.45, 2.75) is 32.4 Å². The highest BCUT2D eigenvalue weighted by Gasteiger charge is 2.45. The zero-order valence-corrected chi connectivity index (χ0v) is 20.6. The third-order valence-electron chi connectivity index (χ3n) is 6.29. The van der Waals surface area contributed by atoms with Crippen molar-refractivity contribution in [2.24, 2.45) is 0 Å². The van der Waals surface area contributed by atoms with E-state index in [9.17, 15) is 14.7 Å². The Kier molecular flexibility index (Phi) is 7.31. The van der Waals surface area contributed by atoms with Gasteiger partial charge in [-0.25, -0.2) is 0 Å². The van der Waals surface area contributed by atoms with Gasteiger partial charge in [-0.3, -0.25) is 9.59 Å². The Morgan fingerprint density at radius 2 is 1.91 bits per heavy atom. The molecule has 1 saturated heterocycles. The maximum absolute atomic E-state index is 13.2. The second-order valence-electron chi connectivity index (χ2n) is 8.99. The Morgan fingerprint density at radius 3 is 2.60 bits per heavy atom. The molecule has 35 heavy (non-hydrogen) atoms. The van der Waals surface area contributed by atoms with Crippen LogP contribution in [0.3, 0.4) is 0 Å². The molecule has 8 heteroatoms. The Morgan fingerprint density at radius 1 is 1.17 bits per heavy atom. The molecule has 1 fully saturated rings. The van der Waals surface area contributed by atoms with Gasteiger partial charge in [0.2, 0.25) is 0 Å².